The molecule has 0 N–H and O–H groups in total. The molecule has 2 aromatic heterocycles. The first-order chi connectivity index (χ1) is 11.7. The highest BCUT2D eigenvalue weighted by atomic mass is 19.1. The molecule has 5 nitrogen and oxygen atoms in total. The number of benzene rings is 1. The zero-order chi connectivity index (χ0) is 16.5. The molecule has 0 saturated carbocycles. The van der Waals surface area contributed by atoms with E-state index >= 15 is 0 Å². The molecule has 0 atom stereocenters. The van der Waals surface area contributed by atoms with E-state index in [0.717, 1.165) is 36.6 Å². The minimum atomic E-state index is -0.219. The zero-order valence-electron chi connectivity index (χ0n) is 13.5. The van der Waals surface area contributed by atoms with Crippen molar-refractivity contribution in [1.82, 2.24) is 19.7 Å². The van der Waals surface area contributed by atoms with Gasteiger partial charge in [-0.3, -0.25) is 4.68 Å². The summed E-state index contributed by atoms with van der Waals surface area (Å²) in [7, 11) is 0. The summed E-state index contributed by atoms with van der Waals surface area (Å²) < 4.78 is 15.0. The molecule has 3 heterocycles. The van der Waals surface area contributed by atoms with E-state index in [1.165, 1.54) is 23.4 Å². The van der Waals surface area contributed by atoms with Gasteiger partial charge in [0.1, 0.15) is 5.82 Å². The van der Waals surface area contributed by atoms with Crippen LogP contribution < -0.4 is 4.90 Å². The highest BCUT2D eigenvalue weighted by molar-refractivity contribution is 5.40. The van der Waals surface area contributed by atoms with Crippen LogP contribution in [0.5, 0.6) is 0 Å². The zero-order valence-corrected chi connectivity index (χ0v) is 13.5. The summed E-state index contributed by atoms with van der Waals surface area (Å²) in [6.07, 6.45) is 6.61. The summed E-state index contributed by atoms with van der Waals surface area (Å²) in [6.45, 7) is 4.24. The molecule has 0 bridgehead atoms. The molecule has 24 heavy (non-hydrogen) atoms. The lowest BCUT2D eigenvalue weighted by molar-refractivity contribution is 0.619. The van der Waals surface area contributed by atoms with Gasteiger partial charge in [-0.05, 0) is 29.7 Å². The van der Waals surface area contributed by atoms with Gasteiger partial charge in [-0.2, -0.15) is 5.10 Å². The molecule has 6 heteroatoms. The molecule has 1 aromatic carbocycles. The van der Waals surface area contributed by atoms with Crippen LogP contribution in [0.4, 0.5) is 10.3 Å². The van der Waals surface area contributed by atoms with Crippen molar-refractivity contribution in [2.75, 3.05) is 4.90 Å². The van der Waals surface area contributed by atoms with Crippen LogP contribution in [0.1, 0.15) is 29.3 Å². The van der Waals surface area contributed by atoms with Crippen molar-refractivity contribution in [1.29, 1.82) is 0 Å². The van der Waals surface area contributed by atoms with Crippen LogP contribution in [0.2, 0.25) is 0 Å². The van der Waals surface area contributed by atoms with E-state index in [4.69, 9.17) is 0 Å². The van der Waals surface area contributed by atoms with Gasteiger partial charge in [0, 0.05) is 24.5 Å². The van der Waals surface area contributed by atoms with E-state index in [1.807, 2.05) is 23.3 Å². The molecule has 1 aliphatic heterocycles. The number of hydrogen-bond donors (Lipinski definition) is 0. The maximum absolute atomic E-state index is 13.0. The van der Waals surface area contributed by atoms with Gasteiger partial charge >= 0.3 is 0 Å². The summed E-state index contributed by atoms with van der Waals surface area (Å²) in [5.41, 5.74) is 4.53. The van der Waals surface area contributed by atoms with Crippen molar-refractivity contribution < 1.29 is 4.39 Å². The van der Waals surface area contributed by atoms with Crippen LogP contribution in [0.25, 0.3) is 0 Å². The third-order valence-electron chi connectivity index (χ3n) is 4.37. The number of anilines is 1. The number of aryl methyl sites for hydroxylation is 1. The molecular weight excluding hydrogens is 305 g/mol. The monoisotopic (exact) mass is 323 g/mol. The van der Waals surface area contributed by atoms with Gasteiger partial charge in [-0.25, -0.2) is 14.4 Å². The van der Waals surface area contributed by atoms with Gasteiger partial charge in [-0.15, -0.1) is 0 Å². The average Bonchev–Trinajstić information content (AvgIpc) is 3.19. The minimum Gasteiger partial charge on any atom is -0.330 e. The molecule has 3 aromatic rings. The Morgan fingerprint density at radius 2 is 1.75 bits per heavy atom. The number of fused-ring (bicyclic) bond motifs is 1. The quantitative estimate of drug-likeness (QED) is 0.740. The first kappa shape index (κ1) is 14.8. The predicted octanol–water partition coefficient (Wildman–Crippen LogP) is 2.94. The second-order valence-electron chi connectivity index (χ2n) is 6.00. The molecule has 0 unspecified atom stereocenters. The number of nitrogens with zero attached hydrogens (tertiary/aromatic N) is 5. The summed E-state index contributed by atoms with van der Waals surface area (Å²) in [6, 6.07) is 6.55. The Bertz CT molecular complexity index is 839. The second-order valence-corrected chi connectivity index (χ2v) is 6.00. The summed E-state index contributed by atoms with van der Waals surface area (Å²) >= 11 is 0. The van der Waals surface area contributed by atoms with Crippen molar-refractivity contribution in [3.05, 3.63) is 71.1 Å². The largest absolute Gasteiger partial charge is 0.330 e. The highest BCUT2D eigenvalue weighted by Gasteiger charge is 2.25. The number of rotatable bonds is 4. The molecule has 0 aliphatic carbocycles. The van der Waals surface area contributed by atoms with Crippen molar-refractivity contribution in [3.8, 4) is 0 Å². The van der Waals surface area contributed by atoms with Crippen LogP contribution in [0.15, 0.2) is 42.9 Å². The lowest BCUT2D eigenvalue weighted by Gasteiger charge is -2.16. The van der Waals surface area contributed by atoms with E-state index in [1.54, 1.807) is 12.1 Å². The molecule has 0 fully saturated rings. The third kappa shape index (κ3) is 2.75. The fraction of sp³-hybridized carbons (Fsp3) is 0.278. The fourth-order valence-electron chi connectivity index (χ4n) is 2.94. The van der Waals surface area contributed by atoms with Crippen LogP contribution in [0, 0.1) is 5.82 Å². The van der Waals surface area contributed by atoms with Gasteiger partial charge in [0.25, 0.3) is 0 Å². The Hall–Kier alpha value is -2.76. The van der Waals surface area contributed by atoms with Crippen molar-refractivity contribution in [2.45, 2.75) is 33.0 Å². The Balaban J connectivity index is 1.52. The van der Waals surface area contributed by atoms with Gasteiger partial charge in [0.2, 0.25) is 5.95 Å². The Morgan fingerprint density at radius 1 is 1.00 bits per heavy atom. The fourth-order valence-corrected chi connectivity index (χ4v) is 2.94. The molecule has 4 rings (SSSR count). The van der Waals surface area contributed by atoms with Crippen LogP contribution >= 0.6 is 0 Å². The van der Waals surface area contributed by atoms with Crippen LogP contribution in [0.3, 0.4) is 0 Å². The topological polar surface area (TPSA) is 46.8 Å². The third-order valence-corrected chi connectivity index (χ3v) is 4.37. The standard InChI is InChI=1S/C18H18FN5/c1-2-13-7-20-18(21-8-13)23-11-15-9-22-24(17(15)12-23)10-14-3-5-16(19)6-4-14/h3-9H,2,10-12H2,1H3. The maximum atomic E-state index is 13.0. The van der Waals surface area contributed by atoms with E-state index in [9.17, 15) is 4.39 Å². The molecule has 0 saturated heterocycles. The van der Waals surface area contributed by atoms with Crippen molar-refractivity contribution in [2.24, 2.45) is 0 Å². The summed E-state index contributed by atoms with van der Waals surface area (Å²) in [4.78, 5) is 11.1. The van der Waals surface area contributed by atoms with Crippen LogP contribution in [-0.4, -0.2) is 19.7 Å². The minimum absolute atomic E-state index is 0.219. The van der Waals surface area contributed by atoms with E-state index in [2.05, 4.69) is 26.9 Å². The molecule has 0 amide bonds. The smallest absolute Gasteiger partial charge is 0.225 e. The molecule has 122 valence electrons. The van der Waals surface area contributed by atoms with Crippen LogP contribution in [-0.2, 0) is 26.1 Å². The van der Waals surface area contributed by atoms with E-state index in [0.29, 0.717) is 6.54 Å². The number of halogens is 1. The van der Waals surface area contributed by atoms with E-state index < -0.39 is 0 Å². The van der Waals surface area contributed by atoms with Crippen molar-refractivity contribution in [3.63, 3.8) is 0 Å². The van der Waals surface area contributed by atoms with E-state index in [-0.39, 0.29) is 5.82 Å². The predicted molar refractivity (Wildman–Crippen MR) is 89.0 cm³/mol. The summed E-state index contributed by atoms with van der Waals surface area (Å²) in [5, 5.41) is 4.47. The lowest BCUT2D eigenvalue weighted by atomic mass is 10.2. The van der Waals surface area contributed by atoms with Crippen molar-refractivity contribution >= 4 is 5.95 Å². The van der Waals surface area contributed by atoms with Gasteiger partial charge < -0.3 is 4.90 Å². The average molecular weight is 323 g/mol. The SMILES string of the molecule is CCc1cnc(N2Cc3cnn(Cc4ccc(F)cc4)c3C2)nc1. The van der Waals surface area contributed by atoms with Gasteiger partial charge in [0.05, 0.1) is 25.0 Å². The maximum Gasteiger partial charge on any atom is 0.225 e. The first-order valence-electron chi connectivity index (χ1n) is 8.07. The molecular formula is C18H18FN5. The highest BCUT2D eigenvalue weighted by Crippen LogP contribution is 2.26. The Labute approximate surface area is 139 Å². The second kappa shape index (κ2) is 6.03. The Morgan fingerprint density at radius 3 is 2.46 bits per heavy atom. The number of hydrogen-bond acceptors (Lipinski definition) is 4. The normalized spacial score (nSPS) is 13.3. The summed E-state index contributed by atoms with van der Waals surface area (Å²) in [5.74, 6) is 0.528. The van der Waals surface area contributed by atoms with Gasteiger partial charge in [-0.1, -0.05) is 19.1 Å². The molecule has 1 aliphatic rings. The lowest BCUT2D eigenvalue weighted by Crippen LogP contribution is -2.19. The molecule has 0 radical (unpaired) electrons. The Kier molecular flexibility index (Phi) is 3.72. The first-order valence-corrected chi connectivity index (χ1v) is 8.07. The number of aromatic nitrogens is 4. The molecule has 0 spiro atoms. The van der Waals surface area contributed by atoms with Gasteiger partial charge in [0.15, 0.2) is 0 Å².